The minimum Gasteiger partial charge on any atom is -0.491 e. The molecule has 2 atom stereocenters. The number of ether oxygens (including phenoxy) is 2. The fraction of sp³-hybridized carbons (Fsp3) is 0.538. The van der Waals surface area contributed by atoms with Gasteiger partial charge in [-0.15, -0.1) is 0 Å². The molecule has 0 aromatic heterocycles. The fourth-order valence-electron chi connectivity index (χ4n) is 4.26. The second-order valence-electron chi connectivity index (χ2n) is 8.44. The van der Waals surface area contributed by atoms with E-state index < -0.39 is 12.2 Å². The normalized spacial score (nSPS) is 17.9. The van der Waals surface area contributed by atoms with Gasteiger partial charge < -0.3 is 19.7 Å². The van der Waals surface area contributed by atoms with E-state index in [4.69, 9.17) is 9.47 Å². The lowest BCUT2D eigenvalue weighted by Gasteiger charge is -2.38. The van der Waals surface area contributed by atoms with Gasteiger partial charge in [-0.25, -0.2) is 0 Å². The van der Waals surface area contributed by atoms with Crippen molar-refractivity contribution in [3.63, 3.8) is 0 Å². The van der Waals surface area contributed by atoms with Crippen LogP contribution < -0.4 is 9.47 Å². The van der Waals surface area contributed by atoms with Crippen LogP contribution in [0.1, 0.15) is 69.9 Å². The van der Waals surface area contributed by atoms with Crippen LogP contribution in [0.4, 0.5) is 0 Å². The number of rotatable bonds is 10. The summed E-state index contributed by atoms with van der Waals surface area (Å²) < 4.78 is 11.4. The van der Waals surface area contributed by atoms with Crippen molar-refractivity contribution in [1.29, 1.82) is 0 Å². The van der Waals surface area contributed by atoms with Crippen molar-refractivity contribution in [2.24, 2.45) is 0 Å². The van der Waals surface area contributed by atoms with E-state index in [1.54, 1.807) is 0 Å². The Morgan fingerprint density at radius 1 is 0.700 bits per heavy atom. The molecular formula is C26H36O4. The van der Waals surface area contributed by atoms with Crippen molar-refractivity contribution < 1.29 is 19.7 Å². The molecule has 1 aliphatic carbocycles. The number of aliphatic hydroxyl groups is 2. The third kappa shape index (κ3) is 5.55. The highest BCUT2D eigenvalue weighted by atomic mass is 16.5. The van der Waals surface area contributed by atoms with Crippen LogP contribution in [0.5, 0.6) is 11.5 Å². The van der Waals surface area contributed by atoms with E-state index in [0.717, 1.165) is 24.3 Å². The highest BCUT2D eigenvalue weighted by Crippen LogP contribution is 2.45. The molecule has 2 aromatic carbocycles. The highest BCUT2D eigenvalue weighted by Gasteiger charge is 2.35. The van der Waals surface area contributed by atoms with E-state index in [-0.39, 0.29) is 5.41 Å². The maximum atomic E-state index is 9.72. The Bertz CT molecular complexity index is 688. The summed E-state index contributed by atoms with van der Waals surface area (Å²) in [6.07, 6.45) is 6.54. The van der Waals surface area contributed by atoms with Gasteiger partial charge in [0.1, 0.15) is 24.7 Å². The Balaban J connectivity index is 1.77. The third-order valence-corrected chi connectivity index (χ3v) is 6.35. The van der Waals surface area contributed by atoms with E-state index in [2.05, 4.69) is 24.3 Å². The molecule has 0 aliphatic heterocycles. The minimum atomic E-state index is -0.423. The van der Waals surface area contributed by atoms with Crippen LogP contribution >= 0.6 is 0 Å². The summed E-state index contributed by atoms with van der Waals surface area (Å²) in [5.41, 5.74) is 2.66. The molecule has 1 aliphatic rings. The van der Waals surface area contributed by atoms with Crippen molar-refractivity contribution in [3.8, 4) is 11.5 Å². The Labute approximate surface area is 180 Å². The maximum absolute atomic E-state index is 9.72. The van der Waals surface area contributed by atoms with Crippen LogP contribution in [0.2, 0.25) is 0 Å². The molecule has 1 fully saturated rings. The summed E-state index contributed by atoms with van der Waals surface area (Å²) in [7, 11) is 0. The van der Waals surface area contributed by atoms with Gasteiger partial charge in [0.15, 0.2) is 0 Å². The summed E-state index contributed by atoms with van der Waals surface area (Å²) in [6.45, 7) is 4.56. The number of hydrogen-bond acceptors (Lipinski definition) is 4. The predicted molar refractivity (Wildman–Crippen MR) is 120 cm³/mol. The number of benzene rings is 2. The summed E-state index contributed by atoms with van der Waals surface area (Å²) >= 11 is 0. The number of hydrogen-bond donors (Lipinski definition) is 2. The first-order chi connectivity index (χ1) is 14.6. The second kappa shape index (κ2) is 10.8. The summed E-state index contributed by atoms with van der Waals surface area (Å²) in [5.74, 6) is 1.60. The van der Waals surface area contributed by atoms with Crippen LogP contribution in [0.3, 0.4) is 0 Å². The van der Waals surface area contributed by atoms with E-state index in [9.17, 15) is 10.2 Å². The zero-order chi connectivity index (χ0) is 21.4. The van der Waals surface area contributed by atoms with Crippen LogP contribution in [0.25, 0.3) is 0 Å². The molecule has 1 saturated carbocycles. The lowest BCUT2D eigenvalue weighted by Crippen LogP contribution is -2.30. The largest absolute Gasteiger partial charge is 0.491 e. The molecule has 0 saturated heterocycles. The monoisotopic (exact) mass is 412 g/mol. The average Bonchev–Trinajstić information content (AvgIpc) is 2.82. The van der Waals surface area contributed by atoms with Crippen LogP contribution in [-0.4, -0.2) is 35.6 Å². The van der Waals surface area contributed by atoms with Gasteiger partial charge in [0.25, 0.3) is 0 Å². The molecule has 3 rings (SSSR count). The zero-order valence-corrected chi connectivity index (χ0v) is 18.3. The molecule has 4 nitrogen and oxygen atoms in total. The van der Waals surface area contributed by atoms with Gasteiger partial charge in [-0.05, 0) is 61.1 Å². The maximum Gasteiger partial charge on any atom is 0.119 e. The van der Waals surface area contributed by atoms with Gasteiger partial charge in [0.2, 0.25) is 0 Å². The van der Waals surface area contributed by atoms with Gasteiger partial charge >= 0.3 is 0 Å². The molecule has 2 N–H and O–H groups in total. The SMILES string of the molecule is CCC(O)COc1ccc(C2(c3ccc(OCC(O)CC)cc3)CCCCC2)cc1. The lowest BCUT2D eigenvalue weighted by molar-refractivity contribution is 0.104. The van der Waals surface area contributed by atoms with Crippen molar-refractivity contribution in [2.75, 3.05) is 13.2 Å². The van der Waals surface area contributed by atoms with Crippen LogP contribution in [0.15, 0.2) is 48.5 Å². The Morgan fingerprint density at radius 2 is 1.10 bits per heavy atom. The summed E-state index contributed by atoms with van der Waals surface area (Å²) in [6, 6.07) is 16.8. The first-order valence-electron chi connectivity index (χ1n) is 11.4. The van der Waals surface area contributed by atoms with Gasteiger partial charge in [0, 0.05) is 5.41 Å². The van der Waals surface area contributed by atoms with E-state index in [1.165, 1.54) is 30.4 Å². The van der Waals surface area contributed by atoms with Crippen LogP contribution in [0, 0.1) is 0 Å². The van der Waals surface area contributed by atoms with E-state index in [1.807, 2.05) is 38.1 Å². The number of aliphatic hydroxyl groups excluding tert-OH is 2. The first-order valence-corrected chi connectivity index (χ1v) is 11.4. The molecule has 4 heteroatoms. The molecule has 0 spiro atoms. The van der Waals surface area contributed by atoms with Crippen molar-refractivity contribution in [1.82, 2.24) is 0 Å². The van der Waals surface area contributed by atoms with Gasteiger partial charge in [0.05, 0.1) is 12.2 Å². The molecule has 0 bridgehead atoms. The van der Waals surface area contributed by atoms with Crippen molar-refractivity contribution >= 4 is 0 Å². The smallest absolute Gasteiger partial charge is 0.119 e. The Hall–Kier alpha value is -2.04. The molecular weight excluding hydrogens is 376 g/mol. The van der Waals surface area contributed by atoms with Gasteiger partial charge in [-0.2, -0.15) is 0 Å². The predicted octanol–water partition coefficient (Wildman–Crippen LogP) is 5.24. The van der Waals surface area contributed by atoms with Crippen molar-refractivity contribution in [2.45, 2.75) is 76.4 Å². The van der Waals surface area contributed by atoms with Gasteiger partial charge in [-0.1, -0.05) is 57.4 Å². The molecule has 2 aromatic rings. The second-order valence-corrected chi connectivity index (χ2v) is 8.44. The van der Waals surface area contributed by atoms with Crippen LogP contribution in [-0.2, 0) is 5.41 Å². The third-order valence-electron chi connectivity index (χ3n) is 6.35. The minimum absolute atomic E-state index is 0.0151. The van der Waals surface area contributed by atoms with Gasteiger partial charge in [-0.3, -0.25) is 0 Å². The Kier molecular flexibility index (Phi) is 8.17. The first kappa shape index (κ1) is 22.6. The lowest BCUT2D eigenvalue weighted by atomic mass is 9.65. The molecule has 0 amide bonds. The standard InChI is InChI=1S/C26H36O4/c1-3-22(27)18-29-24-12-8-20(9-13-24)26(16-6-5-7-17-26)21-10-14-25(15-11-21)30-19-23(28)4-2/h8-15,22-23,27-28H,3-7,16-19H2,1-2H3. The van der Waals surface area contributed by atoms with Crippen molar-refractivity contribution in [3.05, 3.63) is 59.7 Å². The molecule has 0 radical (unpaired) electrons. The molecule has 0 heterocycles. The van der Waals surface area contributed by atoms with E-state index in [0.29, 0.717) is 26.1 Å². The fourth-order valence-corrected chi connectivity index (χ4v) is 4.26. The topological polar surface area (TPSA) is 58.9 Å². The highest BCUT2D eigenvalue weighted by molar-refractivity contribution is 5.43. The van der Waals surface area contributed by atoms with E-state index >= 15 is 0 Å². The molecule has 30 heavy (non-hydrogen) atoms. The summed E-state index contributed by atoms with van der Waals surface area (Å²) in [5, 5.41) is 19.4. The average molecular weight is 413 g/mol. The quantitative estimate of drug-likeness (QED) is 0.560. The summed E-state index contributed by atoms with van der Waals surface area (Å²) in [4.78, 5) is 0. The molecule has 164 valence electrons. The molecule has 2 unspecified atom stereocenters. The Morgan fingerprint density at radius 3 is 1.47 bits per heavy atom. The zero-order valence-electron chi connectivity index (χ0n) is 18.3.